The van der Waals surface area contributed by atoms with E-state index in [1.807, 2.05) is 0 Å². The SMILES string of the molecule is O=C(O)c1cccc(C#CCCBr)c1F. The molecule has 0 fully saturated rings. The van der Waals surface area contributed by atoms with Crippen molar-refractivity contribution in [3.05, 3.63) is 35.1 Å². The average Bonchev–Trinajstić information content (AvgIpc) is 2.20. The molecule has 0 aliphatic heterocycles. The molecule has 1 aromatic carbocycles. The Labute approximate surface area is 95.2 Å². The molecule has 1 aromatic rings. The number of benzene rings is 1. The van der Waals surface area contributed by atoms with Gasteiger partial charge in [0, 0.05) is 11.8 Å². The van der Waals surface area contributed by atoms with Gasteiger partial charge in [0.1, 0.15) is 0 Å². The normalized spacial score (nSPS) is 9.20. The second kappa shape index (κ2) is 5.52. The summed E-state index contributed by atoms with van der Waals surface area (Å²) in [7, 11) is 0. The Balaban J connectivity index is 3.06. The van der Waals surface area contributed by atoms with E-state index in [4.69, 9.17) is 5.11 Å². The smallest absolute Gasteiger partial charge is 0.338 e. The maximum Gasteiger partial charge on any atom is 0.338 e. The van der Waals surface area contributed by atoms with Gasteiger partial charge < -0.3 is 5.11 Å². The predicted octanol–water partition coefficient (Wildman–Crippen LogP) is 2.66. The highest BCUT2D eigenvalue weighted by molar-refractivity contribution is 9.09. The fourth-order valence-electron chi connectivity index (χ4n) is 0.999. The molecule has 0 radical (unpaired) electrons. The molecule has 0 bridgehead atoms. The quantitative estimate of drug-likeness (QED) is 0.663. The Morgan fingerprint density at radius 2 is 2.27 bits per heavy atom. The van der Waals surface area contributed by atoms with E-state index in [0.29, 0.717) is 11.8 Å². The fourth-order valence-corrected chi connectivity index (χ4v) is 1.20. The van der Waals surface area contributed by atoms with Crippen molar-refractivity contribution in [2.75, 3.05) is 5.33 Å². The zero-order valence-electron chi connectivity index (χ0n) is 7.76. The van der Waals surface area contributed by atoms with Crippen molar-refractivity contribution in [1.82, 2.24) is 0 Å². The first-order chi connectivity index (χ1) is 7.16. The number of carbonyl (C=O) groups is 1. The van der Waals surface area contributed by atoms with Crippen LogP contribution in [0.2, 0.25) is 0 Å². The number of hydrogen-bond acceptors (Lipinski definition) is 1. The molecular formula is C11H8BrFO2. The number of carboxylic acid groups (broad SMARTS) is 1. The van der Waals surface area contributed by atoms with Crippen LogP contribution in [-0.4, -0.2) is 16.4 Å². The third-order valence-electron chi connectivity index (χ3n) is 1.67. The standard InChI is InChI=1S/C11H8BrFO2/c12-7-2-1-4-8-5-3-6-9(10(8)13)11(14)15/h3,5-6H,2,7H2,(H,14,15). The van der Waals surface area contributed by atoms with E-state index in [1.165, 1.54) is 18.2 Å². The fraction of sp³-hybridized carbons (Fsp3) is 0.182. The lowest BCUT2D eigenvalue weighted by molar-refractivity contribution is 0.0692. The van der Waals surface area contributed by atoms with Crippen molar-refractivity contribution in [2.24, 2.45) is 0 Å². The van der Waals surface area contributed by atoms with Crippen LogP contribution >= 0.6 is 15.9 Å². The number of alkyl halides is 1. The van der Waals surface area contributed by atoms with Gasteiger partial charge >= 0.3 is 5.97 Å². The van der Waals surface area contributed by atoms with Gasteiger partial charge in [0.25, 0.3) is 0 Å². The summed E-state index contributed by atoms with van der Waals surface area (Å²) in [6.45, 7) is 0. The lowest BCUT2D eigenvalue weighted by Crippen LogP contribution is -2.01. The Morgan fingerprint density at radius 3 is 2.87 bits per heavy atom. The third-order valence-corrected chi connectivity index (χ3v) is 2.07. The minimum Gasteiger partial charge on any atom is -0.478 e. The molecule has 1 N–H and O–H groups in total. The summed E-state index contributed by atoms with van der Waals surface area (Å²) in [4.78, 5) is 10.6. The zero-order valence-corrected chi connectivity index (χ0v) is 9.34. The van der Waals surface area contributed by atoms with Gasteiger partial charge in [-0.2, -0.15) is 0 Å². The molecule has 0 heterocycles. The summed E-state index contributed by atoms with van der Waals surface area (Å²) in [5.74, 6) is 3.27. The van der Waals surface area contributed by atoms with E-state index in [2.05, 4.69) is 27.8 Å². The molecule has 0 unspecified atom stereocenters. The van der Waals surface area contributed by atoms with Crippen LogP contribution < -0.4 is 0 Å². The molecule has 0 aromatic heterocycles. The number of rotatable bonds is 2. The van der Waals surface area contributed by atoms with E-state index >= 15 is 0 Å². The first-order valence-corrected chi connectivity index (χ1v) is 5.35. The minimum atomic E-state index is -1.28. The van der Waals surface area contributed by atoms with Crippen LogP contribution in [0, 0.1) is 17.7 Å². The zero-order chi connectivity index (χ0) is 11.3. The first-order valence-electron chi connectivity index (χ1n) is 4.23. The van der Waals surface area contributed by atoms with Gasteiger partial charge in [-0.3, -0.25) is 0 Å². The van der Waals surface area contributed by atoms with Crippen LogP contribution in [0.1, 0.15) is 22.3 Å². The Hall–Kier alpha value is -1.34. The summed E-state index contributed by atoms with van der Waals surface area (Å²) in [6, 6.07) is 4.15. The van der Waals surface area contributed by atoms with Crippen LogP contribution in [0.4, 0.5) is 4.39 Å². The van der Waals surface area contributed by atoms with Crippen molar-refractivity contribution in [3.63, 3.8) is 0 Å². The summed E-state index contributed by atoms with van der Waals surface area (Å²) < 4.78 is 13.5. The lowest BCUT2D eigenvalue weighted by atomic mass is 10.1. The van der Waals surface area contributed by atoms with Gasteiger partial charge in [0.05, 0.1) is 11.1 Å². The molecule has 0 spiro atoms. The second-order valence-electron chi connectivity index (χ2n) is 2.71. The largest absolute Gasteiger partial charge is 0.478 e. The van der Waals surface area contributed by atoms with E-state index in [-0.39, 0.29) is 11.1 Å². The number of hydrogen-bond donors (Lipinski definition) is 1. The van der Waals surface area contributed by atoms with Crippen LogP contribution in [0.15, 0.2) is 18.2 Å². The highest BCUT2D eigenvalue weighted by atomic mass is 79.9. The predicted molar refractivity (Wildman–Crippen MR) is 58.6 cm³/mol. The van der Waals surface area contributed by atoms with Gasteiger partial charge in [0.15, 0.2) is 5.82 Å². The summed E-state index contributed by atoms with van der Waals surface area (Å²) in [6.07, 6.45) is 0.594. The van der Waals surface area contributed by atoms with Crippen LogP contribution in [0.3, 0.4) is 0 Å². The molecule has 0 saturated heterocycles. The molecule has 0 atom stereocenters. The highest BCUT2D eigenvalue weighted by Crippen LogP contribution is 2.11. The first kappa shape index (κ1) is 11.7. The third kappa shape index (κ3) is 3.07. The topological polar surface area (TPSA) is 37.3 Å². The van der Waals surface area contributed by atoms with Crippen molar-refractivity contribution < 1.29 is 14.3 Å². The van der Waals surface area contributed by atoms with Crippen molar-refractivity contribution >= 4 is 21.9 Å². The van der Waals surface area contributed by atoms with E-state index in [1.54, 1.807) is 0 Å². The van der Waals surface area contributed by atoms with Crippen molar-refractivity contribution in [1.29, 1.82) is 0 Å². The van der Waals surface area contributed by atoms with E-state index in [0.717, 1.165) is 0 Å². The Morgan fingerprint density at radius 1 is 1.53 bits per heavy atom. The summed E-state index contributed by atoms with van der Waals surface area (Å²) in [5.41, 5.74) is -0.225. The van der Waals surface area contributed by atoms with Crippen LogP contribution in [0.5, 0.6) is 0 Å². The van der Waals surface area contributed by atoms with E-state index < -0.39 is 11.8 Å². The van der Waals surface area contributed by atoms with Gasteiger partial charge in [-0.25, -0.2) is 9.18 Å². The summed E-state index contributed by atoms with van der Waals surface area (Å²) in [5, 5.41) is 9.37. The molecule has 2 nitrogen and oxygen atoms in total. The molecule has 15 heavy (non-hydrogen) atoms. The lowest BCUT2D eigenvalue weighted by Gasteiger charge is -1.98. The van der Waals surface area contributed by atoms with Gasteiger partial charge in [0.2, 0.25) is 0 Å². The molecule has 0 aliphatic carbocycles. The molecule has 1 rings (SSSR count). The monoisotopic (exact) mass is 270 g/mol. The highest BCUT2D eigenvalue weighted by Gasteiger charge is 2.11. The maximum atomic E-state index is 13.5. The van der Waals surface area contributed by atoms with E-state index in [9.17, 15) is 9.18 Å². The Kier molecular flexibility index (Phi) is 4.32. The number of aromatic carboxylic acids is 1. The Bertz CT molecular complexity index is 432. The van der Waals surface area contributed by atoms with Gasteiger partial charge in [-0.1, -0.05) is 33.8 Å². The van der Waals surface area contributed by atoms with Crippen LogP contribution in [0.25, 0.3) is 0 Å². The molecule has 78 valence electrons. The van der Waals surface area contributed by atoms with Crippen LogP contribution in [-0.2, 0) is 0 Å². The molecule has 0 saturated carbocycles. The van der Waals surface area contributed by atoms with Gasteiger partial charge in [-0.05, 0) is 12.1 Å². The number of carboxylic acids is 1. The maximum absolute atomic E-state index is 13.5. The van der Waals surface area contributed by atoms with Crippen molar-refractivity contribution in [3.8, 4) is 11.8 Å². The minimum absolute atomic E-state index is 0.121. The summed E-state index contributed by atoms with van der Waals surface area (Å²) >= 11 is 3.19. The second-order valence-corrected chi connectivity index (χ2v) is 3.51. The molecule has 0 amide bonds. The van der Waals surface area contributed by atoms with Crippen molar-refractivity contribution in [2.45, 2.75) is 6.42 Å². The molecular weight excluding hydrogens is 263 g/mol. The number of halogens is 2. The average molecular weight is 271 g/mol. The van der Waals surface area contributed by atoms with Gasteiger partial charge in [-0.15, -0.1) is 0 Å². The molecule has 4 heteroatoms. The molecule has 0 aliphatic rings.